The summed E-state index contributed by atoms with van der Waals surface area (Å²) in [5, 5.41) is 0. The third kappa shape index (κ3) is 2.97. The van der Waals surface area contributed by atoms with Crippen molar-refractivity contribution < 1.29 is 9.47 Å². The molecule has 2 aliphatic rings. The zero-order valence-electron chi connectivity index (χ0n) is 14.4. The van der Waals surface area contributed by atoms with E-state index < -0.39 is 0 Å². The number of hydrogen-bond donors (Lipinski definition) is 0. The molecule has 0 radical (unpaired) electrons. The van der Waals surface area contributed by atoms with Crippen LogP contribution in [0.5, 0.6) is 11.5 Å². The lowest BCUT2D eigenvalue weighted by molar-refractivity contribution is 0.0571. The van der Waals surface area contributed by atoms with Gasteiger partial charge in [-0.05, 0) is 35.8 Å². The normalized spacial score (nSPS) is 20.5. The third-order valence-electron chi connectivity index (χ3n) is 4.91. The molecule has 5 rings (SSSR count). The first-order valence-corrected chi connectivity index (χ1v) is 9.70. The van der Waals surface area contributed by atoms with Gasteiger partial charge in [-0.25, -0.2) is 0 Å². The number of benzene rings is 1. The molecule has 1 atom stereocenters. The maximum atomic E-state index is 6.09. The van der Waals surface area contributed by atoms with Crippen molar-refractivity contribution in [2.75, 3.05) is 44.2 Å². The molecule has 134 valence electrons. The lowest BCUT2D eigenvalue weighted by Gasteiger charge is -2.37. The van der Waals surface area contributed by atoms with Crippen molar-refractivity contribution in [1.29, 1.82) is 0 Å². The first-order chi connectivity index (χ1) is 12.9. The molecule has 6 nitrogen and oxygen atoms in total. The Labute approximate surface area is 156 Å². The van der Waals surface area contributed by atoms with Gasteiger partial charge in [0.2, 0.25) is 0 Å². The maximum Gasteiger partial charge on any atom is 0.168 e. The Bertz CT molecular complexity index is 907. The van der Waals surface area contributed by atoms with Crippen LogP contribution in [0, 0.1) is 0 Å². The van der Waals surface area contributed by atoms with Gasteiger partial charge in [0.1, 0.15) is 18.2 Å². The van der Waals surface area contributed by atoms with E-state index in [1.54, 1.807) is 0 Å². The minimum atomic E-state index is 0.0817. The van der Waals surface area contributed by atoms with Crippen molar-refractivity contribution in [3.05, 3.63) is 42.6 Å². The van der Waals surface area contributed by atoms with Gasteiger partial charge in [-0.3, -0.25) is 9.88 Å². The van der Waals surface area contributed by atoms with E-state index in [1.807, 2.05) is 36.5 Å². The molecule has 0 aliphatic carbocycles. The van der Waals surface area contributed by atoms with Gasteiger partial charge in [0.15, 0.2) is 17.3 Å². The molecule has 1 fully saturated rings. The van der Waals surface area contributed by atoms with Crippen LogP contribution in [0.25, 0.3) is 10.2 Å². The van der Waals surface area contributed by atoms with Gasteiger partial charge in [0.25, 0.3) is 0 Å². The van der Waals surface area contributed by atoms with Crippen LogP contribution >= 0.6 is 11.5 Å². The predicted molar refractivity (Wildman–Crippen MR) is 102 cm³/mol. The highest BCUT2D eigenvalue weighted by atomic mass is 32.1. The quantitative estimate of drug-likeness (QED) is 0.708. The average Bonchev–Trinajstić information content (AvgIpc) is 3.13. The van der Waals surface area contributed by atoms with E-state index >= 15 is 0 Å². The molecule has 1 unspecified atom stereocenters. The summed E-state index contributed by atoms with van der Waals surface area (Å²) in [6.07, 6.45) is 1.92. The van der Waals surface area contributed by atoms with Crippen LogP contribution in [0.4, 0.5) is 5.82 Å². The monoisotopic (exact) mass is 368 g/mol. The summed E-state index contributed by atoms with van der Waals surface area (Å²) in [4.78, 5) is 9.29. The lowest BCUT2D eigenvalue weighted by atomic mass is 10.2. The zero-order valence-corrected chi connectivity index (χ0v) is 15.2. The molecule has 2 aliphatic heterocycles. The molecule has 0 bridgehead atoms. The van der Waals surface area contributed by atoms with E-state index in [9.17, 15) is 0 Å². The van der Waals surface area contributed by atoms with Gasteiger partial charge in [-0.1, -0.05) is 12.1 Å². The molecule has 4 heterocycles. The third-order valence-corrected chi connectivity index (χ3v) is 5.70. The van der Waals surface area contributed by atoms with Gasteiger partial charge in [-0.2, -0.15) is 4.37 Å². The second-order valence-electron chi connectivity index (χ2n) is 6.64. The summed E-state index contributed by atoms with van der Waals surface area (Å²) in [7, 11) is 0. The van der Waals surface area contributed by atoms with E-state index in [2.05, 4.69) is 25.2 Å². The summed E-state index contributed by atoms with van der Waals surface area (Å²) in [5.41, 5.74) is 1.02. The second kappa shape index (κ2) is 6.74. The number of aromatic nitrogens is 2. The fourth-order valence-electron chi connectivity index (χ4n) is 3.56. The van der Waals surface area contributed by atoms with Crippen LogP contribution in [0.15, 0.2) is 42.6 Å². The molecule has 26 heavy (non-hydrogen) atoms. The summed E-state index contributed by atoms with van der Waals surface area (Å²) >= 11 is 1.53. The minimum Gasteiger partial charge on any atom is -0.486 e. The van der Waals surface area contributed by atoms with Crippen molar-refractivity contribution in [2.45, 2.75) is 6.10 Å². The van der Waals surface area contributed by atoms with Crippen LogP contribution in [-0.4, -0.2) is 59.7 Å². The minimum absolute atomic E-state index is 0.0817. The smallest absolute Gasteiger partial charge is 0.168 e. The van der Waals surface area contributed by atoms with Crippen molar-refractivity contribution >= 4 is 27.6 Å². The van der Waals surface area contributed by atoms with Gasteiger partial charge in [-0.15, -0.1) is 0 Å². The van der Waals surface area contributed by atoms with Crippen LogP contribution in [0.2, 0.25) is 0 Å². The number of hydrogen-bond acceptors (Lipinski definition) is 7. The molecular formula is C19H20N4O2S. The lowest BCUT2D eigenvalue weighted by Crippen LogP contribution is -2.50. The van der Waals surface area contributed by atoms with Crippen molar-refractivity contribution in [3.63, 3.8) is 0 Å². The molecule has 3 aromatic rings. The molecule has 0 N–H and O–H groups in total. The van der Waals surface area contributed by atoms with Gasteiger partial charge in [0, 0.05) is 38.9 Å². The van der Waals surface area contributed by atoms with Crippen LogP contribution in [-0.2, 0) is 0 Å². The highest BCUT2D eigenvalue weighted by Crippen LogP contribution is 2.31. The fourth-order valence-corrected chi connectivity index (χ4v) is 4.32. The van der Waals surface area contributed by atoms with E-state index in [0.717, 1.165) is 60.3 Å². The predicted octanol–water partition coefficient (Wildman–Crippen LogP) is 2.65. The average molecular weight is 368 g/mol. The zero-order chi connectivity index (χ0) is 17.3. The van der Waals surface area contributed by atoms with Crippen molar-refractivity contribution in [1.82, 2.24) is 14.3 Å². The highest BCUT2D eigenvalue weighted by Gasteiger charge is 2.26. The Balaban J connectivity index is 1.20. The number of pyridine rings is 1. The van der Waals surface area contributed by atoms with E-state index in [4.69, 9.17) is 9.47 Å². The number of para-hydroxylation sites is 2. The molecule has 0 spiro atoms. The SMILES string of the molecule is c1ccc2c(c1)OCC(CN1CCN(c3nsc4cccnc34)CC1)O2. The summed E-state index contributed by atoms with van der Waals surface area (Å²) < 4.78 is 17.7. The largest absolute Gasteiger partial charge is 0.486 e. The Morgan fingerprint density at radius 2 is 1.88 bits per heavy atom. The Morgan fingerprint density at radius 3 is 2.77 bits per heavy atom. The summed E-state index contributed by atoms with van der Waals surface area (Å²) in [5.74, 6) is 2.72. The first-order valence-electron chi connectivity index (χ1n) is 8.93. The Hall–Kier alpha value is -2.38. The van der Waals surface area contributed by atoms with Gasteiger partial charge in [0.05, 0.1) is 4.70 Å². The van der Waals surface area contributed by atoms with E-state index in [0.29, 0.717) is 6.61 Å². The fraction of sp³-hybridized carbons (Fsp3) is 0.368. The number of piperazine rings is 1. The molecule has 1 aromatic carbocycles. The van der Waals surface area contributed by atoms with Gasteiger partial charge >= 0.3 is 0 Å². The molecule has 2 aromatic heterocycles. The van der Waals surface area contributed by atoms with Crippen LogP contribution < -0.4 is 14.4 Å². The molecule has 7 heteroatoms. The number of ether oxygens (including phenoxy) is 2. The summed E-state index contributed by atoms with van der Waals surface area (Å²) in [6.45, 7) is 5.40. The summed E-state index contributed by atoms with van der Waals surface area (Å²) in [6, 6.07) is 11.9. The molecule has 0 amide bonds. The Kier molecular flexibility index (Phi) is 4.10. The number of nitrogens with zero attached hydrogens (tertiary/aromatic N) is 4. The van der Waals surface area contributed by atoms with E-state index in [1.165, 1.54) is 11.5 Å². The standard InChI is InChI=1S/C19H20N4O2S/c1-2-5-16-15(4-1)24-13-14(25-16)12-22-8-10-23(11-9-22)19-18-17(26-21-19)6-3-7-20-18/h1-7,14H,8-13H2. The maximum absolute atomic E-state index is 6.09. The molecule has 0 saturated carbocycles. The molecule has 1 saturated heterocycles. The number of fused-ring (bicyclic) bond motifs is 2. The molecular weight excluding hydrogens is 348 g/mol. The van der Waals surface area contributed by atoms with Crippen molar-refractivity contribution in [2.24, 2.45) is 0 Å². The van der Waals surface area contributed by atoms with Crippen LogP contribution in [0.1, 0.15) is 0 Å². The second-order valence-corrected chi connectivity index (χ2v) is 7.45. The number of rotatable bonds is 3. The van der Waals surface area contributed by atoms with Crippen LogP contribution in [0.3, 0.4) is 0 Å². The first kappa shape index (κ1) is 15.8. The number of anilines is 1. The van der Waals surface area contributed by atoms with Crippen molar-refractivity contribution in [3.8, 4) is 11.5 Å². The topological polar surface area (TPSA) is 50.7 Å². The van der Waals surface area contributed by atoms with E-state index in [-0.39, 0.29) is 6.10 Å². The Morgan fingerprint density at radius 1 is 1.04 bits per heavy atom. The highest BCUT2D eigenvalue weighted by molar-refractivity contribution is 7.13. The van der Waals surface area contributed by atoms with Gasteiger partial charge < -0.3 is 14.4 Å².